The molecular formula is C25H28Cl2N4O. The Hall–Kier alpha value is -2.21. The number of halogens is 2. The number of aromatic amines is 1. The number of carbonyl (C=O) groups is 1. The molecule has 2 amide bonds. The Labute approximate surface area is 198 Å². The van der Waals surface area contributed by atoms with Crippen LogP contribution in [0.3, 0.4) is 0 Å². The molecule has 5 nitrogen and oxygen atoms in total. The fraction of sp³-hybridized carbons (Fsp3) is 0.400. The van der Waals surface area contributed by atoms with Crippen LogP contribution in [0.15, 0.2) is 48.7 Å². The molecule has 2 heterocycles. The second kappa shape index (κ2) is 9.34. The van der Waals surface area contributed by atoms with E-state index < -0.39 is 0 Å². The summed E-state index contributed by atoms with van der Waals surface area (Å²) in [6.45, 7) is 3.42. The van der Waals surface area contributed by atoms with E-state index in [0.717, 1.165) is 47.6 Å². The molecule has 0 bridgehead atoms. The molecule has 1 aliphatic heterocycles. The van der Waals surface area contributed by atoms with Gasteiger partial charge in [0, 0.05) is 58.7 Å². The number of nitrogens with one attached hydrogen (secondary N) is 3. The number of H-pyrrole nitrogens is 1. The number of fused-ring (bicyclic) bond motifs is 1. The Balaban J connectivity index is 1.27. The number of hydrogen-bond acceptors (Lipinski definition) is 2. The predicted octanol–water partition coefficient (Wildman–Crippen LogP) is 5.39. The Morgan fingerprint density at radius 1 is 1.09 bits per heavy atom. The highest BCUT2D eigenvalue weighted by atomic mass is 35.5. The SMILES string of the molecule is O=C(NCC1CCN(C2CC2)C1)NCC(c1ccc(Cl)cc1Cl)c1c[nH]c2ccccc12. The summed E-state index contributed by atoms with van der Waals surface area (Å²) in [6, 6.07) is 14.4. The first-order valence-electron chi connectivity index (χ1n) is 11.3. The molecule has 0 spiro atoms. The summed E-state index contributed by atoms with van der Waals surface area (Å²) in [5.74, 6) is 0.440. The van der Waals surface area contributed by atoms with E-state index in [-0.39, 0.29) is 11.9 Å². The quantitative estimate of drug-likeness (QED) is 0.433. The number of amides is 2. The standard InChI is InChI=1S/C25H28Cl2N4O/c26-17-5-8-19(23(27)11-17)21(22-13-28-24-4-2-1-3-20(22)24)14-30-25(32)29-12-16-9-10-31(15-16)18-6-7-18/h1-5,8,11,13,16,18,21,28H,6-7,9-10,12,14-15H2,(H2,29,30,32). The van der Waals surface area contributed by atoms with Crippen LogP contribution in [0, 0.1) is 5.92 Å². The number of hydrogen-bond donors (Lipinski definition) is 3. The Bertz CT molecular complexity index is 1110. The summed E-state index contributed by atoms with van der Waals surface area (Å²) < 4.78 is 0. The van der Waals surface area contributed by atoms with Crippen molar-refractivity contribution in [1.82, 2.24) is 20.5 Å². The predicted molar refractivity (Wildman–Crippen MR) is 131 cm³/mol. The molecule has 168 valence electrons. The molecule has 1 saturated heterocycles. The summed E-state index contributed by atoms with van der Waals surface area (Å²) in [5.41, 5.74) is 3.10. The van der Waals surface area contributed by atoms with Gasteiger partial charge in [-0.25, -0.2) is 4.79 Å². The summed E-state index contributed by atoms with van der Waals surface area (Å²) in [6.07, 6.45) is 5.84. The molecule has 2 aromatic carbocycles. The van der Waals surface area contributed by atoms with Gasteiger partial charge in [-0.3, -0.25) is 0 Å². The van der Waals surface area contributed by atoms with Gasteiger partial charge in [-0.2, -0.15) is 0 Å². The number of carbonyl (C=O) groups excluding carboxylic acids is 1. The zero-order valence-electron chi connectivity index (χ0n) is 17.9. The number of likely N-dealkylation sites (tertiary alicyclic amines) is 1. The summed E-state index contributed by atoms with van der Waals surface area (Å²) in [5, 5.41) is 8.47. The van der Waals surface area contributed by atoms with Gasteiger partial charge in [-0.1, -0.05) is 47.5 Å². The monoisotopic (exact) mass is 470 g/mol. The van der Waals surface area contributed by atoms with Crippen LogP contribution in [0.5, 0.6) is 0 Å². The van der Waals surface area contributed by atoms with Crippen LogP contribution >= 0.6 is 23.2 Å². The average molecular weight is 471 g/mol. The van der Waals surface area contributed by atoms with Gasteiger partial charge in [0.05, 0.1) is 0 Å². The first-order valence-corrected chi connectivity index (χ1v) is 12.1. The van der Waals surface area contributed by atoms with Crippen molar-refractivity contribution in [3.05, 3.63) is 69.8 Å². The lowest BCUT2D eigenvalue weighted by Gasteiger charge is -2.20. The van der Waals surface area contributed by atoms with Gasteiger partial charge < -0.3 is 20.5 Å². The van der Waals surface area contributed by atoms with Gasteiger partial charge in [-0.05, 0) is 61.1 Å². The van der Waals surface area contributed by atoms with Gasteiger partial charge in [0.2, 0.25) is 0 Å². The number of benzene rings is 2. The summed E-state index contributed by atoms with van der Waals surface area (Å²) >= 11 is 12.7. The van der Waals surface area contributed by atoms with Crippen LogP contribution < -0.4 is 10.6 Å². The number of para-hydroxylation sites is 1. The lowest BCUT2D eigenvalue weighted by Crippen LogP contribution is -2.40. The van der Waals surface area contributed by atoms with E-state index in [0.29, 0.717) is 29.1 Å². The van der Waals surface area contributed by atoms with Crippen molar-refractivity contribution in [1.29, 1.82) is 0 Å². The highest BCUT2D eigenvalue weighted by Gasteiger charge is 2.34. The third-order valence-corrected chi connectivity index (χ3v) is 7.30. The van der Waals surface area contributed by atoms with Crippen LogP contribution in [-0.2, 0) is 0 Å². The number of nitrogens with zero attached hydrogens (tertiary/aromatic N) is 1. The van der Waals surface area contributed by atoms with Crippen molar-refractivity contribution in [3.63, 3.8) is 0 Å². The molecule has 1 aliphatic carbocycles. The maximum absolute atomic E-state index is 12.6. The zero-order chi connectivity index (χ0) is 22.1. The molecule has 0 radical (unpaired) electrons. The third-order valence-electron chi connectivity index (χ3n) is 6.73. The minimum Gasteiger partial charge on any atom is -0.361 e. The minimum atomic E-state index is -0.134. The van der Waals surface area contributed by atoms with Crippen molar-refractivity contribution in [2.24, 2.45) is 5.92 Å². The summed E-state index contributed by atoms with van der Waals surface area (Å²) in [4.78, 5) is 18.5. The van der Waals surface area contributed by atoms with E-state index in [9.17, 15) is 4.79 Å². The normalized spacial score (nSPS) is 19.9. The molecule has 5 rings (SSSR count). The maximum atomic E-state index is 12.6. The zero-order valence-corrected chi connectivity index (χ0v) is 19.4. The van der Waals surface area contributed by atoms with E-state index in [1.165, 1.54) is 12.8 Å². The van der Waals surface area contributed by atoms with Crippen LogP contribution in [0.25, 0.3) is 10.9 Å². The van der Waals surface area contributed by atoms with Gasteiger partial charge in [-0.15, -0.1) is 0 Å². The lowest BCUT2D eigenvalue weighted by molar-refractivity contribution is 0.238. The topological polar surface area (TPSA) is 60.2 Å². The number of urea groups is 1. The van der Waals surface area contributed by atoms with Crippen LogP contribution in [-0.4, -0.2) is 48.1 Å². The van der Waals surface area contributed by atoms with Crippen molar-refractivity contribution >= 4 is 40.1 Å². The van der Waals surface area contributed by atoms with E-state index in [1.54, 1.807) is 6.07 Å². The molecule has 3 aromatic rings. The van der Waals surface area contributed by atoms with E-state index in [2.05, 4.69) is 26.6 Å². The molecule has 7 heteroatoms. The Morgan fingerprint density at radius 3 is 2.75 bits per heavy atom. The first-order chi connectivity index (χ1) is 15.6. The first kappa shape index (κ1) is 21.6. The highest BCUT2D eigenvalue weighted by Crippen LogP contribution is 2.35. The van der Waals surface area contributed by atoms with Gasteiger partial charge in [0.25, 0.3) is 0 Å². The smallest absolute Gasteiger partial charge is 0.314 e. The van der Waals surface area contributed by atoms with Gasteiger partial charge >= 0.3 is 6.03 Å². The number of aromatic nitrogens is 1. The van der Waals surface area contributed by atoms with E-state index >= 15 is 0 Å². The van der Waals surface area contributed by atoms with Gasteiger partial charge in [0.15, 0.2) is 0 Å². The fourth-order valence-corrected chi connectivity index (χ4v) is 5.39. The number of rotatable bonds is 7. The van der Waals surface area contributed by atoms with Crippen molar-refractivity contribution in [2.45, 2.75) is 31.2 Å². The largest absolute Gasteiger partial charge is 0.361 e. The van der Waals surface area contributed by atoms with E-state index in [4.69, 9.17) is 23.2 Å². The summed E-state index contributed by atoms with van der Waals surface area (Å²) in [7, 11) is 0. The second-order valence-corrected chi connectivity index (χ2v) is 9.82. The molecule has 3 N–H and O–H groups in total. The molecule has 2 atom stereocenters. The molecule has 1 saturated carbocycles. The third kappa shape index (κ3) is 4.75. The second-order valence-electron chi connectivity index (χ2n) is 8.98. The highest BCUT2D eigenvalue weighted by molar-refractivity contribution is 6.35. The molecule has 1 aromatic heterocycles. The minimum absolute atomic E-state index is 0.0986. The van der Waals surface area contributed by atoms with Crippen molar-refractivity contribution < 1.29 is 4.79 Å². The maximum Gasteiger partial charge on any atom is 0.314 e. The van der Waals surface area contributed by atoms with E-state index in [1.807, 2.05) is 36.5 Å². The Kier molecular flexibility index (Phi) is 6.31. The lowest BCUT2D eigenvalue weighted by atomic mass is 9.91. The van der Waals surface area contributed by atoms with Crippen molar-refractivity contribution in [2.75, 3.05) is 26.2 Å². The van der Waals surface area contributed by atoms with Crippen LogP contribution in [0.1, 0.15) is 36.3 Å². The molecule has 32 heavy (non-hydrogen) atoms. The molecular weight excluding hydrogens is 443 g/mol. The van der Waals surface area contributed by atoms with Crippen LogP contribution in [0.2, 0.25) is 10.0 Å². The average Bonchev–Trinajstić information content (AvgIpc) is 3.38. The van der Waals surface area contributed by atoms with Crippen molar-refractivity contribution in [3.8, 4) is 0 Å². The van der Waals surface area contributed by atoms with Gasteiger partial charge in [0.1, 0.15) is 0 Å². The van der Waals surface area contributed by atoms with Crippen LogP contribution in [0.4, 0.5) is 4.79 Å². The molecule has 2 fully saturated rings. The molecule has 2 unspecified atom stereocenters. The molecule has 2 aliphatic rings. The Morgan fingerprint density at radius 2 is 1.94 bits per heavy atom. The fourth-order valence-electron chi connectivity index (χ4n) is 4.85.